The lowest BCUT2D eigenvalue weighted by atomic mass is 9.74. The Bertz CT molecular complexity index is 910. The van der Waals surface area contributed by atoms with E-state index in [1.165, 1.54) is 0 Å². The lowest BCUT2D eigenvalue weighted by Gasteiger charge is -2.39. The van der Waals surface area contributed by atoms with Gasteiger partial charge in [-0.15, -0.1) is 0 Å². The number of halogens is 3. The van der Waals surface area contributed by atoms with Gasteiger partial charge in [0.1, 0.15) is 5.56 Å². The fourth-order valence-electron chi connectivity index (χ4n) is 5.85. The molecule has 2 fully saturated rings. The first-order chi connectivity index (χ1) is 16.0. The summed E-state index contributed by atoms with van der Waals surface area (Å²) in [6.07, 6.45) is -0.725. The second-order valence-corrected chi connectivity index (χ2v) is 10.2. The maximum Gasteiger partial charge on any atom is 0.422 e. The lowest BCUT2D eigenvalue weighted by Crippen LogP contribution is -2.52. The number of hydrogen-bond donors (Lipinski definition) is 1. The zero-order valence-electron chi connectivity index (χ0n) is 20.0. The first kappa shape index (κ1) is 25.2. The van der Waals surface area contributed by atoms with Gasteiger partial charge in [-0.2, -0.15) is 17.9 Å². The van der Waals surface area contributed by atoms with E-state index in [2.05, 4.69) is 5.32 Å². The van der Waals surface area contributed by atoms with Gasteiger partial charge in [-0.05, 0) is 37.7 Å². The van der Waals surface area contributed by atoms with E-state index in [0.29, 0.717) is 42.8 Å². The van der Waals surface area contributed by atoms with Crippen LogP contribution in [0.1, 0.15) is 56.4 Å². The maximum atomic E-state index is 13.8. The van der Waals surface area contributed by atoms with Gasteiger partial charge < -0.3 is 24.9 Å². The van der Waals surface area contributed by atoms with Gasteiger partial charge in [0.2, 0.25) is 5.91 Å². The van der Waals surface area contributed by atoms with E-state index in [1.807, 2.05) is 13.8 Å². The van der Waals surface area contributed by atoms with Crippen LogP contribution >= 0.6 is 0 Å². The molecule has 4 atom stereocenters. The Hall–Kier alpha value is -1.91. The van der Waals surface area contributed by atoms with Gasteiger partial charge in [0, 0.05) is 37.9 Å². The molecule has 1 aromatic rings. The third-order valence-corrected chi connectivity index (χ3v) is 7.95. The van der Waals surface area contributed by atoms with Crippen molar-refractivity contribution in [3.8, 4) is 0 Å². The highest BCUT2D eigenvalue weighted by Crippen LogP contribution is 2.47. The van der Waals surface area contributed by atoms with Crippen molar-refractivity contribution in [3.63, 3.8) is 0 Å². The summed E-state index contributed by atoms with van der Waals surface area (Å²) in [5.41, 5.74) is -0.978. The first-order valence-corrected chi connectivity index (χ1v) is 12.0. The van der Waals surface area contributed by atoms with E-state index in [9.17, 15) is 23.2 Å². The smallest absolute Gasteiger partial charge is 0.422 e. The third kappa shape index (κ3) is 4.77. The minimum absolute atomic E-state index is 0.0254. The van der Waals surface area contributed by atoms with Gasteiger partial charge in [-0.1, -0.05) is 13.8 Å². The fourth-order valence-corrected chi connectivity index (χ4v) is 5.85. The van der Waals surface area contributed by atoms with E-state index in [0.717, 1.165) is 25.3 Å². The van der Waals surface area contributed by atoms with Crippen molar-refractivity contribution in [1.29, 1.82) is 0 Å². The molecule has 3 heterocycles. The molecule has 190 valence electrons. The van der Waals surface area contributed by atoms with Crippen molar-refractivity contribution in [3.05, 3.63) is 34.3 Å². The zero-order valence-corrected chi connectivity index (χ0v) is 20.0. The molecule has 3 aliphatic rings. The van der Waals surface area contributed by atoms with Crippen LogP contribution in [0.4, 0.5) is 13.2 Å². The minimum atomic E-state index is -4.61. The Labute approximate surface area is 198 Å². The fraction of sp³-hybridized carbons (Fsp3) is 0.750. The molecule has 0 radical (unpaired) electrons. The number of nitrogens with zero attached hydrogens (tertiary/aromatic N) is 2. The molecule has 0 unspecified atom stereocenters. The number of carbonyl (C=O) groups is 1. The van der Waals surface area contributed by atoms with Gasteiger partial charge in [-0.25, -0.2) is 0 Å². The number of hydrogen-bond acceptors (Lipinski definition) is 5. The van der Waals surface area contributed by atoms with Crippen LogP contribution in [-0.2, 0) is 33.4 Å². The molecule has 0 bridgehead atoms. The average molecular weight is 486 g/mol. The van der Waals surface area contributed by atoms with Crippen LogP contribution in [0.15, 0.2) is 12.3 Å². The number of rotatable bonds is 5. The molecule has 1 saturated heterocycles. The molecule has 34 heavy (non-hydrogen) atoms. The van der Waals surface area contributed by atoms with Crippen LogP contribution < -0.4 is 10.0 Å². The Balaban J connectivity index is 1.50. The van der Waals surface area contributed by atoms with Crippen LogP contribution in [0.25, 0.3) is 0 Å². The monoisotopic (exact) mass is 485 g/mol. The molecular weight excluding hydrogens is 451 g/mol. The molecule has 4 rings (SSSR count). The Morgan fingerprint density at radius 3 is 2.82 bits per heavy atom. The Morgan fingerprint density at radius 1 is 1.38 bits per heavy atom. The standard InChI is InChI=1S/C24H34F3N3O4/c1-15(2)23(7-4-18(11-23)28-19-6-9-34-14-21(19)33-3)22(31)29-8-5-20-16(12-29)10-17(13-30(20)32)24(25,26)27/h10,13,15,18-19,21,28H,4-9,11-12,14H2,1-3H3/t18-,19-,21+,23+/m1/s1. The molecule has 1 saturated carbocycles. The molecule has 1 N–H and O–H groups in total. The summed E-state index contributed by atoms with van der Waals surface area (Å²) in [5, 5.41) is 15.9. The number of nitrogens with one attached hydrogen (secondary N) is 1. The van der Waals surface area contributed by atoms with Gasteiger partial charge in [0.15, 0.2) is 11.9 Å². The number of fused-ring (bicyclic) bond motifs is 1. The quantitative estimate of drug-likeness (QED) is 0.513. The number of alkyl halides is 3. The molecule has 1 aromatic heterocycles. The SMILES string of the molecule is CO[C@H]1COCC[C@H]1N[C@@H]1CC[C@@](C(=O)N2CCc3c(cc(C(F)(F)F)c[n+]3[O-])C2)(C(C)C)C1. The van der Waals surface area contributed by atoms with Crippen LogP contribution in [0.2, 0.25) is 0 Å². The van der Waals surface area contributed by atoms with Gasteiger partial charge in [0.25, 0.3) is 0 Å². The van der Waals surface area contributed by atoms with Crippen molar-refractivity contribution < 1.29 is 32.2 Å². The van der Waals surface area contributed by atoms with E-state index in [4.69, 9.17) is 9.47 Å². The second kappa shape index (κ2) is 9.62. The summed E-state index contributed by atoms with van der Waals surface area (Å²) in [5.74, 6) is 0.0506. The van der Waals surface area contributed by atoms with Crippen molar-refractivity contribution in [2.75, 3.05) is 26.9 Å². The zero-order chi connectivity index (χ0) is 24.7. The highest BCUT2D eigenvalue weighted by atomic mass is 19.4. The summed E-state index contributed by atoms with van der Waals surface area (Å²) < 4.78 is 51.1. The number of amides is 1. The van der Waals surface area contributed by atoms with Gasteiger partial charge in [-0.3, -0.25) is 4.79 Å². The highest BCUT2D eigenvalue weighted by molar-refractivity contribution is 5.83. The summed E-state index contributed by atoms with van der Waals surface area (Å²) in [4.78, 5) is 15.5. The van der Waals surface area contributed by atoms with Crippen LogP contribution in [-0.4, -0.2) is 55.9 Å². The molecule has 0 aromatic carbocycles. The molecular formula is C24H34F3N3O4. The summed E-state index contributed by atoms with van der Waals surface area (Å²) in [6, 6.07) is 1.34. The highest BCUT2D eigenvalue weighted by Gasteiger charge is 2.50. The van der Waals surface area contributed by atoms with Crippen molar-refractivity contribution in [1.82, 2.24) is 10.2 Å². The molecule has 7 nitrogen and oxygen atoms in total. The molecule has 1 aliphatic carbocycles. The van der Waals surface area contributed by atoms with Crippen molar-refractivity contribution in [2.45, 2.75) is 76.9 Å². The predicted molar refractivity (Wildman–Crippen MR) is 118 cm³/mol. The minimum Gasteiger partial charge on any atom is -0.618 e. The summed E-state index contributed by atoms with van der Waals surface area (Å²) >= 11 is 0. The van der Waals surface area contributed by atoms with E-state index < -0.39 is 17.2 Å². The number of methoxy groups -OCH3 is 1. The Kier molecular flexibility index (Phi) is 7.13. The molecule has 0 spiro atoms. The third-order valence-electron chi connectivity index (χ3n) is 7.95. The maximum absolute atomic E-state index is 13.8. The van der Waals surface area contributed by atoms with Crippen molar-refractivity contribution >= 4 is 5.91 Å². The summed E-state index contributed by atoms with van der Waals surface area (Å²) in [7, 11) is 1.68. The molecule has 2 aliphatic heterocycles. The number of aromatic nitrogens is 1. The summed E-state index contributed by atoms with van der Waals surface area (Å²) in [6.45, 7) is 5.65. The van der Waals surface area contributed by atoms with E-state index in [1.54, 1.807) is 12.0 Å². The lowest BCUT2D eigenvalue weighted by molar-refractivity contribution is -0.616. The van der Waals surface area contributed by atoms with Crippen LogP contribution in [0.5, 0.6) is 0 Å². The van der Waals surface area contributed by atoms with E-state index in [-0.39, 0.29) is 48.5 Å². The largest absolute Gasteiger partial charge is 0.618 e. The predicted octanol–water partition coefficient (Wildman–Crippen LogP) is 2.81. The van der Waals surface area contributed by atoms with E-state index >= 15 is 0 Å². The number of pyridine rings is 1. The first-order valence-electron chi connectivity index (χ1n) is 12.0. The van der Waals surface area contributed by atoms with Gasteiger partial charge in [0.05, 0.1) is 31.1 Å². The normalized spacial score (nSPS) is 30.0. The Morgan fingerprint density at radius 2 is 2.15 bits per heavy atom. The number of carbonyl (C=O) groups excluding carboxylic acids is 1. The molecule has 1 amide bonds. The average Bonchev–Trinajstić information content (AvgIpc) is 3.23. The van der Waals surface area contributed by atoms with Crippen LogP contribution in [0, 0.1) is 16.5 Å². The van der Waals surface area contributed by atoms with Crippen molar-refractivity contribution in [2.24, 2.45) is 11.3 Å². The number of ether oxygens (including phenoxy) is 2. The topological polar surface area (TPSA) is 77.7 Å². The van der Waals surface area contributed by atoms with Gasteiger partial charge >= 0.3 is 6.18 Å². The second-order valence-electron chi connectivity index (χ2n) is 10.2. The molecule has 10 heteroatoms. The van der Waals surface area contributed by atoms with Crippen LogP contribution in [0.3, 0.4) is 0 Å².